The Kier molecular flexibility index (Phi) is 10.2. The standard InChI is InChI=1S/C43H42N6O4/c1-5-48(6-2)33-23-21-32(22-24-33)42-45-40(41(46-42)31-19-17-29(18-20-31)36-26-38(53-47-36)43(51)52-4)30-15-12-28(13-16-30)14-25-39(50)49(7-3)37-27-44-35-11-9-8-10-34(35)37/h8-25,27,38,44H,5-7,26H2,1-4H3,(H,45,46). The van der Waals surface area contributed by atoms with Gasteiger partial charge in [0.1, 0.15) is 5.82 Å². The second-order valence-corrected chi connectivity index (χ2v) is 12.7. The van der Waals surface area contributed by atoms with Gasteiger partial charge >= 0.3 is 5.97 Å². The van der Waals surface area contributed by atoms with E-state index in [1.807, 2.05) is 92.0 Å². The lowest BCUT2D eigenvalue weighted by molar-refractivity contribution is -0.152. The number of ether oxygens (including phenoxy) is 1. The zero-order valence-corrected chi connectivity index (χ0v) is 30.3. The Morgan fingerprint density at radius 2 is 1.53 bits per heavy atom. The van der Waals surface area contributed by atoms with E-state index in [4.69, 9.17) is 14.6 Å². The zero-order valence-electron chi connectivity index (χ0n) is 30.3. The first-order chi connectivity index (χ1) is 25.9. The van der Waals surface area contributed by atoms with Crippen LogP contribution in [0.25, 0.3) is 50.9 Å². The highest BCUT2D eigenvalue weighted by atomic mass is 16.7. The molecule has 0 bridgehead atoms. The smallest absolute Gasteiger partial charge is 0.350 e. The number of amides is 1. The molecular weight excluding hydrogens is 665 g/mol. The maximum Gasteiger partial charge on any atom is 0.350 e. The molecule has 0 radical (unpaired) electrons. The molecule has 0 saturated carbocycles. The van der Waals surface area contributed by atoms with E-state index >= 15 is 0 Å². The normalized spacial score (nSPS) is 14.0. The van der Waals surface area contributed by atoms with E-state index in [0.717, 1.165) is 74.7 Å². The van der Waals surface area contributed by atoms with Crippen molar-refractivity contribution in [3.8, 4) is 33.9 Å². The van der Waals surface area contributed by atoms with Crippen LogP contribution in [0.1, 0.15) is 38.3 Å². The number of nitrogens with one attached hydrogen (secondary N) is 2. The van der Waals surface area contributed by atoms with Gasteiger partial charge in [0.05, 0.1) is 29.9 Å². The fourth-order valence-corrected chi connectivity index (χ4v) is 6.72. The van der Waals surface area contributed by atoms with Gasteiger partial charge < -0.3 is 29.3 Å². The molecule has 0 aliphatic carbocycles. The average Bonchev–Trinajstić information content (AvgIpc) is 3.98. The average molecular weight is 707 g/mol. The number of methoxy groups -OCH3 is 1. The number of anilines is 2. The van der Waals surface area contributed by atoms with Gasteiger partial charge in [0, 0.05) is 71.6 Å². The van der Waals surface area contributed by atoms with Crippen molar-refractivity contribution in [1.29, 1.82) is 0 Å². The molecule has 3 heterocycles. The molecule has 1 amide bonds. The number of oxime groups is 1. The van der Waals surface area contributed by atoms with Crippen LogP contribution in [0.5, 0.6) is 0 Å². The van der Waals surface area contributed by atoms with Crippen molar-refractivity contribution in [2.45, 2.75) is 33.3 Å². The van der Waals surface area contributed by atoms with Gasteiger partial charge in [-0.15, -0.1) is 0 Å². The molecule has 0 spiro atoms. The molecule has 0 fully saturated rings. The van der Waals surface area contributed by atoms with Crippen LogP contribution in [0.2, 0.25) is 0 Å². The number of fused-ring (bicyclic) bond motifs is 1. The van der Waals surface area contributed by atoms with E-state index < -0.39 is 12.1 Å². The summed E-state index contributed by atoms with van der Waals surface area (Å²) >= 11 is 0. The van der Waals surface area contributed by atoms with Gasteiger partial charge in [0.2, 0.25) is 6.10 Å². The largest absolute Gasteiger partial charge is 0.466 e. The van der Waals surface area contributed by atoms with E-state index in [1.54, 1.807) is 11.0 Å². The second kappa shape index (κ2) is 15.4. The number of esters is 1. The number of H-pyrrole nitrogens is 2. The van der Waals surface area contributed by atoms with Crippen LogP contribution in [0, 0.1) is 0 Å². The third-order valence-corrected chi connectivity index (χ3v) is 9.66. The number of benzene rings is 4. The molecule has 6 aromatic rings. The van der Waals surface area contributed by atoms with Crippen molar-refractivity contribution in [1.82, 2.24) is 15.0 Å². The SMILES string of the molecule is CCN(CC)c1ccc(-c2nc(-c3ccc(C4=NOC(C(=O)OC)C4)cc3)c(-c3ccc(C=CC(=O)N(CC)c4c[nH]c5ccccc45)cc3)[nH]2)cc1. The number of hydrogen-bond donors (Lipinski definition) is 2. The molecule has 10 heteroatoms. The summed E-state index contributed by atoms with van der Waals surface area (Å²) in [6.45, 7) is 8.70. The second-order valence-electron chi connectivity index (χ2n) is 12.7. The number of carbonyl (C=O) groups is 2. The summed E-state index contributed by atoms with van der Waals surface area (Å²) in [7, 11) is 1.34. The molecule has 0 saturated heterocycles. The van der Waals surface area contributed by atoms with Crippen molar-refractivity contribution in [2.24, 2.45) is 5.16 Å². The van der Waals surface area contributed by atoms with Crippen LogP contribution in [-0.4, -0.2) is 65.4 Å². The van der Waals surface area contributed by atoms with Crippen molar-refractivity contribution in [3.05, 3.63) is 120 Å². The summed E-state index contributed by atoms with van der Waals surface area (Å²) in [6.07, 6.45) is 4.97. The van der Waals surface area contributed by atoms with Gasteiger partial charge in [-0.2, -0.15) is 0 Å². The highest BCUT2D eigenvalue weighted by molar-refractivity contribution is 6.09. The molecule has 7 rings (SSSR count). The number of rotatable bonds is 12. The first kappa shape index (κ1) is 35.0. The molecule has 1 aliphatic heterocycles. The lowest BCUT2D eigenvalue weighted by Crippen LogP contribution is -2.28. The summed E-state index contributed by atoms with van der Waals surface area (Å²) in [5.41, 5.74) is 9.99. The van der Waals surface area contributed by atoms with Crippen molar-refractivity contribution < 1.29 is 19.2 Å². The number of hydrogen-bond acceptors (Lipinski definition) is 7. The lowest BCUT2D eigenvalue weighted by atomic mass is 10.00. The van der Waals surface area contributed by atoms with Crippen LogP contribution in [-0.2, 0) is 19.2 Å². The number of imidazole rings is 1. The van der Waals surface area contributed by atoms with Gasteiger partial charge in [-0.1, -0.05) is 71.9 Å². The topological polar surface area (TPSA) is 116 Å². The fraction of sp³-hybridized carbons (Fsp3) is 0.209. The predicted octanol–water partition coefficient (Wildman–Crippen LogP) is 8.47. The van der Waals surface area contributed by atoms with Crippen molar-refractivity contribution in [3.63, 3.8) is 0 Å². The molecule has 1 unspecified atom stereocenters. The summed E-state index contributed by atoms with van der Waals surface area (Å²) < 4.78 is 4.82. The van der Waals surface area contributed by atoms with Crippen molar-refractivity contribution in [2.75, 3.05) is 36.5 Å². The van der Waals surface area contributed by atoms with Crippen molar-refractivity contribution >= 4 is 45.9 Å². The molecule has 268 valence electrons. The maximum atomic E-state index is 13.4. The van der Waals surface area contributed by atoms with Crippen LogP contribution < -0.4 is 9.80 Å². The Balaban J connectivity index is 1.16. The minimum Gasteiger partial charge on any atom is -0.466 e. The first-order valence-electron chi connectivity index (χ1n) is 17.9. The summed E-state index contributed by atoms with van der Waals surface area (Å²) in [6, 6.07) is 32.5. The number of para-hydroxylation sites is 1. The molecule has 4 aromatic carbocycles. The van der Waals surface area contributed by atoms with Gasteiger partial charge in [-0.05, 0) is 68.3 Å². The van der Waals surface area contributed by atoms with E-state index in [9.17, 15) is 9.59 Å². The van der Waals surface area contributed by atoms with Gasteiger partial charge in [0.15, 0.2) is 0 Å². The Labute approximate surface area is 308 Å². The lowest BCUT2D eigenvalue weighted by Gasteiger charge is -2.20. The molecule has 2 N–H and O–H groups in total. The summed E-state index contributed by atoms with van der Waals surface area (Å²) in [4.78, 5) is 46.7. The Hall–Kier alpha value is -6.42. The van der Waals surface area contributed by atoms with Crippen LogP contribution in [0.3, 0.4) is 0 Å². The minimum absolute atomic E-state index is 0.0896. The predicted molar refractivity (Wildman–Crippen MR) is 212 cm³/mol. The van der Waals surface area contributed by atoms with E-state index in [0.29, 0.717) is 18.7 Å². The highest BCUT2D eigenvalue weighted by Crippen LogP contribution is 2.35. The van der Waals surface area contributed by atoms with Crippen LogP contribution in [0.4, 0.5) is 11.4 Å². The maximum absolute atomic E-state index is 13.4. The number of aromatic nitrogens is 3. The van der Waals surface area contributed by atoms with E-state index in [1.165, 1.54) is 12.8 Å². The number of likely N-dealkylation sites (N-methyl/N-ethyl adjacent to an activating group) is 1. The van der Waals surface area contributed by atoms with Crippen LogP contribution >= 0.6 is 0 Å². The minimum atomic E-state index is -0.732. The summed E-state index contributed by atoms with van der Waals surface area (Å²) in [5, 5.41) is 5.14. The van der Waals surface area contributed by atoms with E-state index in [2.05, 4.69) is 58.1 Å². The fourth-order valence-electron chi connectivity index (χ4n) is 6.72. The van der Waals surface area contributed by atoms with Gasteiger partial charge in [-0.3, -0.25) is 4.79 Å². The first-order valence-corrected chi connectivity index (χ1v) is 17.9. The molecule has 1 atom stereocenters. The Bertz CT molecular complexity index is 2280. The van der Waals surface area contributed by atoms with Gasteiger partial charge in [-0.25, -0.2) is 9.78 Å². The quantitative estimate of drug-likeness (QED) is 0.0975. The number of carbonyl (C=O) groups excluding carboxylic acids is 2. The van der Waals surface area contributed by atoms with E-state index in [-0.39, 0.29) is 5.91 Å². The van der Waals surface area contributed by atoms with Crippen LogP contribution in [0.15, 0.2) is 114 Å². The Morgan fingerprint density at radius 1 is 0.849 bits per heavy atom. The third-order valence-electron chi connectivity index (χ3n) is 9.66. The molecule has 1 aliphatic rings. The number of nitrogens with zero attached hydrogens (tertiary/aromatic N) is 4. The molecule has 2 aromatic heterocycles. The molecule has 53 heavy (non-hydrogen) atoms. The monoisotopic (exact) mass is 706 g/mol. The summed E-state index contributed by atoms with van der Waals surface area (Å²) in [5.74, 6) is 0.222. The highest BCUT2D eigenvalue weighted by Gasteiger charge is 2.29. The van der Waals surface area contributed by atoms with Gasteiger partial charge in [0.25, 0.3) is 5.91 Å². The number of aromatic amines is 2. The third kappa shape index (κ3) is 7.21. The Morgan fingerprint density at radius 3 is 2.23 bits per heavy atom. The molecular formula is C43H42N6O4. The molecule has 10 nitrogen and oxygen atoms in total. The zero-order chi connectivity index (χ0) is 36.9.